The van der Waals surface area contributed by atoms with Crippen molar-refractivity contribution in [1.29, 1.82) is 0 Å². The number of carbonyl (C=O) groups excluding carboxylic acids is 2. The Bertz CT molecular complexity index is 343. The summed E-state index contributed by atoms with van der Waals surface area (Å²) in [6.07, 6.45) is -0.615. The van der Waals surface area contributed by atoms with Crippen LogP contribution in [0.25, 0.3) is 0 Å². The molecule has 0 saturated carbocycles. The minimum absolute atomic E-state index is 0.0539. The van der Waals surface area contributed by atoms with Crippen LogP contribution in [0, 0.1) is 5.92 Å². The molecule has 0 rings (SSSR count). The zero-order valence-corrected chi connectivity index (χ0v) is 12.0. The Morgan fingerprint density at radius 1 is 1.28 bits per heavy atom. The van der Waals surface area contributed by atoms with Crippen molar-refractivity contribution in [1.82, 2.24) is 4.90 Å². The second kappa shape index (κ2) is 7.51. The quantitative estimate of drug-likeness (QED) is 0.523. The summed E-state index contributed by atoms with van der Waals surface area (Å²) in [5, 5.41) is 0. The number of carbonyl (C=O) groups is 2. The molecule has 8 heteroatoms. The summed E-state index contributed by atoms with van der Waals surface area (Å²) in [6.45, 7) is 0. The number of rotatable bonds is 7. The average molecular weight is 281 g/mol. The van der Waals surface area contributed by atoms with Crippen molar-refractivity contribution in [2.24, 2.45) is 5.92 Å². The fraction of sp³-hybridized carbons (Fsp3) is 0.800. The molecular formula is C10H20NO6P. The van der Waals surface area contributed by atoms with Gasteiger partial charge in [-0.05, 0) is 14.1 Å². The molecule has 0 fully saturated rings. The van der Waals surface area contributed by atoms with Gasteiger partial charge in [0.25, 0.3) is 0 Å². The molecule has 0 radical (unpaired) electrons. The minimum Gasteiger partial charge on any atom is -0.469 e. The van der Waals surface area contributed by atoms with Crippen molar-refractivity contribution in [2.75, 3.05) is 40.8 Å². The minimum atomic E-state index is -3.52. The predicted molar refractivity (Wildman–Crippen MR) is 65.4 cm³/mol. The first kappa shape index (κ1) is 17.1. The zero-order valence-electron chi connectivity index (χ0n) is 11.1. The molecule has 0 heterocycles. The van der Waals surface area contributed by atoms with E-state index in [1.165, 1.54) is 14.2 Å². The van der Waals surface area contributed by atoms with E-state index in [1.54, 1.807) is 19.0 Å². The lowest BCUT2D eigenvalue weighted by Crippen LogP contribution is -2.26. The Hall–Kier alpha value is -0.910. The van der Waals surface area contributed by atoms with Crippen LogP contribution < -0.4 is 0 Å². The van der Waals surface area contributed by atoms with Gasteiger partial charge in [0.15, 0.2) is 0 Å². The first-order chi connectivity index (χ1) is 8.21. The third kappa shape index (κ3) is 6.74. The van der Waals surface area contributed by atoms with Crippen molar-refractivity contribution >= 4 is 19.3 Å². The van der Waals surface area contributed by atoms with Crippen molar-refractivity contribution < 1.29 is 28.5 Å². The number of methoxy groups -OCH3 is 2. The van der Waals surface area contributed by atoms with Crippen LogP contribution in [0.1, 0.15) is 6.42 Å². The van der Waals surface area contributed by atoms with E-state index in [0.29, 0.717) is 0 Å². The molecule has 0 spiro atoms. The van der Waals surface area contributed by atoms with Crippen LogP contribution >= 0.6 is 7.37 Å². The second-order valence-electron chi connectivity index (χ2n) is 4.25. The molecule has 7 nitrogen and oxygen atoms in total. The van der Waals surface area contributed by atoms with Gasteiger partial charge in [-0.1, -0.05) is 0 Å². The van der Waals surface area contributed by atoms with Crippen LogP contribution in [0.4, 0.5) is 0 Å². The predicted octanol–water partition coefficient (Wildman–Crippen LogP) is 0.128. The first-order valence-corrected chi connectivity index (χ1v) is 7.35. The van der Waals surface area contributed by atoms with Gasteiger partial charge in [0.1, 0.15) is 0 Å². The van der Waals surface area contributed by atoms with Crippen molar-refractivity contribution in [3.63, 3.8) is 0 Å². The van der Waals surface area contributed by atoms with Gasteiger partial charge in [-0.15, -0.1) is 0 Å². The molecule has 0 saturated heterocycles. The van der Waals surface area contributed by atoms with E-state index >= 15 is 0 Å². The fourth-order valence-electron chi connectivity index (χ4n) is 1.52. The third-order valence-electron chi connectivity index (χ3n) is 2.18. The molecule has 106 valence electrons. The summed E-state index contributed by atoms with van der Waals surface area (Å²) in [7, 11) is 2.13. The molecule has 1 N–H and O–H groups in total. The molecule has 0 aliphatic rings. The molecule has 0 amide bonds. The van der Waals surface area contributed by atoms with Gasteiger partial charge in [0.05, 0.1) is 32.8 Å². The smallest absolute Gasteiger partial charge is 0.309 e. The average Bonchev–Trinajstić information content (AvgIpc) is 2.24. The van der Waals surface area contributed by atoms with E-state index in [4.69, 9.17) is 0 Å². The highest BCUT2D eigenvalue weighted by molar-refractivity contribution is 7.57. The highest BCUT2D eigenvalue weighted by atomic mass is 31.2. The van der Waals surface area contributed by atoms with Crippen molar-refractivity contribution in [3.05, 3.63) is 0 Å². The second-order valence-corrected chi connectivity index (χ2v) is 6.59. The van der Waals surface area contributed by atoms with Gasteiger partial charge in [0.2, 0.25) is 7.37 Å². The van der Waals surface area contributed by atoms with Gasteiger partial charge in [-0.3, -0.25) is 14.2 Å². The maximum absolute atomic E-state index is 11.9. The lowest BCUT2D eigenvalue weighted by atomic mass is 10.1. The molecule has 0 aromatic rings. The van der Waals surface area contributed by atoms with Gasteiger partial charge in [0, 0.05) is 6.16 Å². The Balaban J connectivity index is 4.73. The molecule has 0 aliphatic carbocycles. The number of nitrogens with zero attached hydrogens (tertiary/aromatic N) is 1. The van der Waals surface area contributed by atoms with E-state index in [0.717, 1.165) is 0 Å². The third-order valence-corrected chi connectivity index (χ3v) is 4.20. The number of hydrogen-bond acceptors (Lipinski definition) is 6. The normalized spacial score (nSPS) is 15.9. The lowest BCUT2D eigenvalue weighted by molar-refractivity contribution is -0.151. The van der Waals surface area contributed by atoms with Gasteiger partial charge >= 0.3 is 11.9 Å². The molecule has 2 atom stereocenters. The van der Waals surface area contributed by atoms with Crippen LogP contribution in [-0.2, 0) is 23.6 Å². The Morgan fingerprint density at radius 2 is 1.83 bits per heavy atom. The van der Waals surface area contributed by atoms with Crippen molar-refractivity contribution in [2.45, 2.75) is 6.42 Å². The Kier molecular flexibility index (Phi) is 7.13. The highest BCUT2D eigenvalue weighted by Crippen LogP contribution is 2.43. The van der Waals surface area contributed by atoms with E-state index < -0.39 is 25.2 Å². The number of ether oxygens (including phenoxy) is 2. The van der Waals surface area contributed by atoms with Crippen LogP contribution in [0.2, 0.25) is 0 Å². The van der Waals surface area contributed by atoms with Crippen LogP contribution in [-0.4, -0.2) is 62.5 Å². The molecular weight excluding hydrogens is 261 g/mol. The SMILES string of the molecule is COC(=O)CC(CP(=O)(O)CN(C)C)C(=O)OC. The molecule has 2 unspecified atom stereocenters. The zero-order chi connectivity index (χ0) is 14.3. The van der Waals surface area contributed by atoms with E-state index in [9.17, 15) is 19.0 Å². The van der Waals surface area contributed by atoms with Crippen molar-refractivity contribution in [3.8, 4) is 0 Å². The van der Waals surface area contributed by atoms with Gasteiger partial charge in [-0.2, -0.15) is 0 Å². The molecule has 0 bridgehead atoms. The van der Waals surface area contributed by atoms with E-state index in [1.807, 2.05) is 0 Å². The summed E-state index contributed by atoms with van der Waals surface area (Å²) in [4.78, 5) is 33.9. The Morgan fingerprint density at radius 3 is 2.22 bits per heavy atom. The van der Waals surface area contributed by atoms with Crippen LogP contribution in [0.5, 0.6) is 0 Å². The topological polar surface area (TPSA) is 93.1 Å². The maximum atomic E-state index is 11.9. The largest absolute Gasteiger partial charge is 0.469 e. The Labute approximate surface area is 107 Å². The summed E-state index contributed by atoms with van der Waals surface area (Å²) in [6, 6.07) is 0. The molecule has 0 aromatic heterocycles. The first-order valence-electron chi connectivity index (χ1n) is 5.32. The summed E-state index contributed by atoms with van der Waals surface area (Å²) < 4.78 is 20.8. The summed E-state index contributed by atoms with van der Waals surface area (Å²) in [5.41, 5.74) is 0. The van der Waals surface area contributed by atoms with E-state index in [2.05, 4.69) is 9.47 Å². The summed E-state index contributed by atoms with van der Waals surface area (Å²) in [5.74, 6) is -2.26. The highest BCUT2D eigenvalue weighted by Gasteiger charge is 2.32. The number of hydrogen-bond donors (Lipinski definition) is 1. The van der Waals surface area contributed by atoms with Crippen LogP contribution in [0.3, 0.4) is 0 Å². The monoisotopic (exact) mass is 281 g/mol. The standard InChI is InChI=1S/C10H20NO6P/c1-11(2)7-18(14,15)6-8(10(13)17-4)5-9(12)16-3/h8H,5-7H2,1-4H3,(H,14,15). The lowest BCUT2D eigenvalue weighted by Gasteiger charge is -2.20. The molecule has 18 heavy (non-hydrogen) atoms. The number of esters is 2. The van der Waals surface area contributed by atoms with Gasteiger partial charge < -0.3 is 19.3 Å². The fourth-order valence-corrected chi connectivity index (χ4v) is 3.48. The molecule has 0 aromatic carbocycles. The molecule has 0 aliphatic heterocycles. The van der Waals surface area contributed by atoms with Gasteiger partial charge in [-0.25, -0.2) is 0 Å². The van der Waals surface area contributed by atoms with Crippen LogP contribution in [0.15, 0.2) is 0 Å². The summed E-state index contributed by atoms with van der Waals surface area (Å²) >= 11 is 0. The van der Waals surface area contributed by atoms with E-state index in [-0.39, 0.29) is 18.9 Å². The maximum Gasteiger partial charge on any atom is 0.309 e.